The summed E-state index contributed by atoms with van der Waals surface area (Å²) in [5.41, 5.74) is -0.376. The first-order valence-corrected chi connectivity index (χ1v) is 15.4. The number of piperidine rings is 1. The van der Waals surface area contributed by atoms with Gasteiger partial charge in [0, 0.05) is 32.6 Å². The maximum atomic E-state index is 13.8. The minimum atomic E-state index is -0.975. The predicted molar refractivity (Wildman–Crippen MR) is 158 cm³/mol. The second-order valence-electron chi connectivity index (χ2n) is 12.2. The maximum absolute atomic E-state index is 13.8. The highest BCUT2D eigenvalue weighted by atomic mass is 16.5. The van der Waals surface area contributed by atoms with E-state index in [1.807, 2.05) is 29.2 Å². The lowest BCUT2D eigenvalue weighted by Gasteiger charge is -2.52. The topological polar surface area (TPSA) is 119 Å². The summed E-state index contributed by atoms with van der Waals surface area (Å²) < 4.78 is 5.86. The molecule has 5 rings (SSSR count). The third-order valence-corrected chi connectivity index (χ3v) is 9.26. The van der Waals surface area contributed by atoms with E-state index in [0.29, 0.717) is 63.2 Å². The molecule has 42 heavy (non-hydrogen) atoms. The number of aliphatic hydroxyl groups is 1. The molecule has 0 unspecified atom stereocenters. The van der Waals surface area contributed by atoms with Crippen LogP contribution in [-0.2, 0) is 16.1 Å². The van der Waals surface area contributed by atoms with Crippen molar-refractivity contribution >= 4 is 17.8 Å². The lowest BCUT2D eigenvalue weighted by Crippen LogP contribution is -2.73. The molecule has 3 N–H and O–H groups in total. The van der Waals surface area contributed by atoms with E-state index in [0.717, 1.165) is 44.2 Å². The van der Waals surface area contributed by atoms with Crippen molar-refractivity contribution in [3.63, 3.8) is 0 Å². The monoisotopic (exact) mass is 577 g/mol. The zero-order valence-corrected chi connectivity index (χ0v) is 24.5. The highest BCUT2D eigenvalue weighted by Crippen LogP contribution is 2.37. The van der Waals surface area contributed by atoms with E-state index in [2.05, 4.69) is 17.1 Å². The van der Waals surface area contributed by atoms with Gasteiger partial charge < -0.3 is 25.2 Å². The molecular weight excluding hydrogens is 534 g/mol. The Bertz CT molecular complexity index is 1250. The van der Waals surface area contributed by atoms with E-state index >= 15 is 0 Å². The van der Waals surface area contributed by atoms with Crippen molar-refractivity contribution in [1.82, 2.24) is 15.1 Å². The van der Waals surface area contributed by atoms with Crippen LogP contribution in [-0.4, -0.2) is 74.6 Å². The molecule has 9 nitrogen and oxygen atoms in total. The predicted octanol–water partition coefficient (Wildman–Crippen LogP) is 4.72. The standard InChI is InChI=1S/C33H43N3O6/c1-2-3-19-36-29(37)28(22-32(41)15-5-4-6-16-32)34-31(40)33(36)17-20-35(21-18-33)23-24-7-11-26(12-8-24)42-27-13-9-25(10-14-27)30(38)39/h7-14,28,41H,2-6,15-23H2,1H3,(H,34,40)(H,38,39)/t28-/m1/s1. The zero-order chi connectivity index (χ0) is 29.7. The van der Waals surface area contributed by atoms with Crippen LogP contribution < -0.4 is 10.1 Å². The van der Waals surface area contributed by atoms with Crippen molar-refractivity contribution in [3.05, 3.63) is 59.7 Å². The van der Waals surface area contributed by atoms with Crippen molar-refractivity contribution < 1.29 is 29.3 Å². The fraction of sp³-hybridized carbons (Fsp3) is 0.545. The van der Waals surface area contributed by atoms with Crippen molar-refractivity contribution in [3.8, 4) is 11.5 Å². The number of carboxylic acids is 1. The van der Waals surface area contributed by atoms with Crippen molar-refractivity contribution in [2.45, 2.75) is 94.9 Å². The largest absolute Gasteiger partial charge is 0.478 e. The van der Waals surface area contributed by atoms with Gasteiger partial charge in [-0.1, -0.05) is 44.7 Å². The molecule has 2 saturated heterocycles. The molecule has 3 aliphatic rings. The first kappa shape index (κ1) is 30.0. The number of likely N-dealkylation sites (tertiary alicyclic amines) is 1. The smallest absolute Gasteiger partial charge is 0.335 e. The Morgan fingerprint density at radius 1 is 0.952 bits per heavy atom. The molecule has 3 fully saturated rings. The van der Waals surface area contributed by atoms with Gasteiger partial charge in [-0.3, -0.25) is 14.5 Å². The Morgan fingerprint density at radius 3 is 2.17 bits per heavy atom. The Labute approximate surface area is 247 Å². The third-order valence-electron chi connectivity index (χ3n) is 9.26. The van der Waals surface area contributed by atoms with E-state index in [1.54, 1.807) is 12.1 Å². The average molecular weight is 578 g/mol. The number of hydrogen-bond donors (Lipinski definition) is 3. The Kier molecular flexibility index (Phi) is 9.18. The summed E-state index contributed by atoms with van der Waals surface area (Å²) in [4.78, 5) is 42.7. The Morgan fingerprint density at radius 2 is 1.57 bits per heavy atom. The van der Waals surface area contributed by atoms with Crippen LogP contribution in [0.2, 0.25) is 0 Å². The minimum Gasteiger partial charge on any atom is -0.478 e. The van der Waals surface area contributed by atoms with E-state index < -0.39 is 23.2 Å². The second kappa shape index (κ2) is 12.8. The molecule has 0 bridgehead atoms. The number of hydrogen-bond acceptors (Lipinski definition) is 6. The summed E-state index contributed by atoms with van der Waals surface area (Å²) in [6, 6.07) is 13.5. The lowest BCUT2D eigenvalue weighted by molar-refractivity contribution is -0.163. The Hall–Kier alpha value is -3.43. The molecule has 2 aromatic carbocycles. The first-order chi connectivity index (χ1) is 20.2. The number of amides is 2. The van der Waals surface area contributed by atoms with Gasteiger partial charge in [0.15, 0.2) is 0 Å². The van der Waals surface area contributed by atoms with Crippen LogP contribution in [0.1, 0.15) is 87.1 Å². The quantitative estimate of drug-likeness (QED) is 0.374. The fourth-order valence-electron chi connectivity index (χ4n) is 6.75. The van der Waals surface area contributed by atoms with E-state index in [9.17, 15) is 19.5 Å². The number of nitrogens with zero attached hydrogens (tertiary/aromatic N) is 2. The molecule has 2 aromatic rings. The van der Waals surface area contributed by atoms with Gasteiger partial charge in [0.25, 0.3) is 0 Å². The normalized spacial score (nSPS) is 22.1. The second-order valence-corrected chi connectivity index (χ2v) is 12.2. The molecular formula is C33H43N3O6. The van der Waals surface area contributed by atoms with Crippen LogP contribution in [0.4, 0.5) is 0 Å². The number of rotatable bonds is 10. The number of carbonyl (C=O) groups excluding carboxylic acids is 2. The summed E-state index contributed by atoms with van der Waals surface area (Å²) >= 11 is 0. The molecule has 9 heteroatoms. The van der Waals surface area contributed by atoms with Crippen LogP contribution in [0, 0.1) is 0 Å². The van der Waals surface area contributed by atoms with Crippen molar-refractivity contribution in [2.75, 3.05) is 19.6 Å². The number of nitrogens with one attached hydrogen (secondary N) is 1. The van der Waals surface area contributed by atoms with Gasteiger partial charge in [-0.25, -0.2) is 4.79 Å². The van der Waals surface area contributed by atoms with Crippen LogP contribution in [0.5, 0.6) is 11.5 Å². The van der Waals surface area contributed by atoms with Crippen LogP contribution in [0.25, 0.3) is 0 Å². The summed E-state index contributed by atoms with van der Waals surface area (Å²) in [7, 11) is 0. The zero-order valence-electron chi connectivity index (χ0n) is 24.5. The molecule has 1 atom stereocenters. The van der Waals surface area contributed by atoms with Crippen molar-refractivity contribution in [1.29, 1.82) is 0 Å². The highest BCUT2D eigenvalue weighted by molar-refractivity contribution is 6.00. The SMILES string of the molecule is CCCCN1C(=O)[C@@H](CC2(O)CCCCC2)NC(=O)C12CCN(Cc1ccc(Oc3ccc(C(=O)O)cc3)cc1)CC2. The number of carbonyl (C=O) groups is 3. The van der Waals surface area contributed by atoms with Gasteiger partial charge in [0.1, 0.15) is 23.1 Å². The first-order valence-electron chi connectivity index (χ1n) is 15.4. The summed E-state index contributed by atoms with van der Waals surface area (Å²) in [5.74, 6) is 0.147. The van der Waals surface area contributed by atoms with E-state index in [-0.39, 0.29) is 17.4 Å². The average Bonchev–Trinajstić information content (AvgIpc) is 2.98. The van der Waals surface area contributed by atoms with Gasteiger partial charge in [-0.15, -0.1) is 0 Å². The minimum absolute atomic E-state index is 0.0383. The molecule has 0 aromatic heterocycles. The van der Waals surface area contributed by atoms with Gasteiger partial charge in [-0.05, 0) is 74.1 Å². The number of unbranched alkanes of at least 4 members (excludes halogenated alkanes) is 1. The molecule has 2 amide bonds. The molecule has 1 spiro atoms. The number of carboxylic acid groups (broad SMARTS) is 1. The summed E-state index contributed by atoms with van der Waals surface area (Å²) in [6.45, 7) is 4.79. The number of aromatic carboxylic acids is 1. The van der Waals surface area contributed by atoms with Gasteiger partial charge in [-0.2, -0.15) is 0 Å². The van der Waals surface area contributed by atoms with Crippen LogP contribution in [0.15, 0.2) is 48.5 Å². The molecule has 1 saturated carbocycles. The van der Waals surface area contributed by atoms with E-state index in [1.165, 1.54) is 12.1 Å². The van der Waals surface area contributed by atoms with Crippen LogP contribution >= 0.6 is 0 Å². The van der Waals surface area contributed by atoms with Gasteiger partial charge >= 0.3 is 5.97 Å². The van der Waals surface area contributed by atoms with E-state index in [4.69, 9.17) is 9.84 Å². The van der Waals surface area contributed by atoms with Gasteiger partial charge in [0.05, 0.1) is 11.2 Å². The third kappa shape index (κ3) is 6.63. The van der Waals surface area contributed by atoms with Crippen LogP contribution in [0.3, 0.4) is 0 Å². The molecule has 2 aliphatic heterocycles. The summed E-state index contributed by atoms with van der Waals surface area (Å²) in [6.07, 6.45) is 7.66. The van der Waals surface area contributed by atoms with Gasteiger partial charge in [0.2, 0.25) is 11.8 Å². The van der Waals surface area contributed by atoms with Crippen molar-refractivity contribution in [2.24, 2.45) is 0 Å². The molecule has 1 aliphatic carbocycles. The summed E-state index contributed by atoms with van der Waals surface area (Å²) in [5, 5.41) is 23.2. The number of ether oxygens (including phenoxy) is 1. The molecule has 226 valence electrons. The molecule has 2 heterocycles. The number of benzene rings is 2. The molecule has 0 radical (unpaired) electrons. The highest BCUT2D eigenvalue weighted by Gasteiger charge is 2.54. The Balaban J connectivity index is 1.19. The number of piperazine rings is 1. The maximum Gasteiger partial charge on any atom is 0.335 e. The lowest BCUT2D eigenvalue weighted by atomic mass is 9.77. The fourth-order valence-corrected chi connectivity index (χ4v) is 6.75.